The van der Waals surface area contributed by atoms with E-state index in [-0.39, 0.29) is 24.6 Å². The van der Waals surface area contributed by atoms with Crippen LogP contribution in [0.5, 0.6) is 0 Å². The fraction of sp³-hybridized carbons (Fsp3) is 0.571. The molecule has 1 aromatic rings. The molecule has 0 aliphatic carbocycles. The van der Waals surface area contributed by atoms with Crippen LogP contribution in [0, 0.1) is 0 Å². The first kappa shape index (κ1) is 15.4. The third-order valence-electron chi connectivity index (χ3n) is 3.01. The van der Waals surface area contributed by atoms with Gasteiger partial charge in [0.25, 0.3) is 0 Å². The van der Waals surface area contributed by atoms with Crippen molar-refractivity contribution in [2.24, 2.45) is 0 Å². The lowest BCUT2D eigenvalue weighted by atomic mass is 9.92. The van der Waals surface area contributed by atoms with Gasteiger partial charge in [0, 0.05) is 0 Å². The molecule has 1 fully saturated rings. The van der Waals surface area contributed by atoms with Crippen LogP contribution in [-0.2, 0) is 15.1 Å². The highest BCUT2D eigenvalue weighted by atomic mass is 16.6. The molecule has 2 heterocycles. The number of carbonyl (C=O) groups excluding carboxylic acids is 2. The zero-order valence-corrected chi connectivity index (χ0v) is 12.5. The van der Waals surface area contributed by atoms with Crippen molar-refractivity contribution in [2.45, 2.75) is 32.0 Å². The van der Waals surface area contributed by atoms with Crippen LogP contribution in [0.1, 0.15) is 37.1 Å². The number of β-amino-alcohol motifs (C(OH)–C–C–N with tert-alkyl or cyclic N) is 1. The van der Waals surface area contributed by atoms with E-state index in [1.54, 1.807) is 20.8 Å². The molecule has 7 nitrogen and oxygen atoms in total. The second kappa shape index (κ2) is 5.07. The number of rotatable bonds is 2. The van der Waals surface area contributed by atoms with E-state index in [4.69, 9.17) is 9.15 Å². The largest absolute Gasteiger partial charge is 0.463 e. The third-order valence-corrected chi connectivity index (χ3v) is 3.01. The van der Waals surface area contributed by atoms with Crippen LogP contribution in [0.15, 0.2) is 16.5 Å². The summed E-state index contributed by atoms with van der Waals surface area (Å²) in [7, 11) is 1.24. The number of aliphatic hydroxyl groups is 1. The number of esters is 1. The molecule has 1 aliphatic rings. The van der Waals surface area contributed by atoms with E-state index in [0.29, 0.717) is 0 Å². The Kier molecular flexibility index (Phi) is 3.71. The van der Waals surface area contributed by atoms with Crippen molar-refractivity contribution in [3.05, 3.63) is 23.7 Å². The Labute approximate surface area is 122 Å². The number of hydrogen-bond donors (Lipinski definition) is 1. The molecule has 1 N–H and O–H groups in total. The van der Waals surface area contributed by atoms with E-state index >= 15 is 0 Å². The standard InChI is InChI=1S/C14H19NO6/c1-13(2,3)21-12(17)15-7-14(18,8-15)10-6-5-9(20-10)11(16)19-4/h5-6,18H,7-8H2,1-4H3. The Morgan fingerprint density at radius 2 is 1.95 bits per heavy atom. The number of ether oxygens (including phenoxy) is 2. The van der Waals surface area contributed by atoms with Gasteiger partial charge < -0.3 is 23.9 Å². The van der Waals surface area contributed by atoms with Crippen molar-refractivity contribution in [1.29, 1.82) is 0 Å². The zero-order valence-electron chi connectivity index (χ0n) is 12.5. The lowest BCUT2D eigenvalue weighted by Crippen LogP contribution is -2.61. The molecule has 0 spiro atoms. The highest BCUT2D eigenvalue weighted by Gasteiger charge is 2.48. The number of likely N-dealkylation sites (tertiary alicyclic amines) is 1. The molecule has 1 aliphatic heterocycles. The van der Waals surface area contributed by atoms with E-state index in [9.17, 15) is 14.7 Å². The van der Waals surface area contributed by atoms with Gasteiger partial charge in [-0.25, -0.2) is 9.59 Å². The molecular formula is C14H19NO6. The van der Waals surface area contributed by atoms with Gasteiger partial charge in [0.1, 0.15) is 11.4 Å². The first-order chi connectivity index (χ1) is 9.64. The number of amides is 1. The molecular weight excluding hydrogens is 278 g/mol. The number of methoxy groups -OCH3 is 1. The van der Waals surface area contributed by atoms with Crippen molar-refractivity contribution in [3.8, 4) is 0 Å². The van der Waals surface area contributed by atoms with E-state index < -0.39 is 23.3 Å². The van der Waals surface area contributed by atoms with Crippen molar-refractivity contribution < 1.29 is 28.6 Å². The molecule has 0 bridgehead atoms. The predicted octanol–water partition coefficient (Wildman–Crippen LogP) is 1.50. The summed E-state index contributed by atoms with van der Waals surface area (Å²) in [6, 6.07) is 2.92. The molecule has 1 aromatic heterocycles. The molecule has 1 saturated heterocycles. The fourth-order valence-corrected chi connectivity index (χ4v) is 1.99. The molecule has 7 heteroatoms. The summed E-state index contributed by atoms with van der Waals surface area (Å²) < 4.78 is 15.0. The van der Waals surface area contributed by atoms with Gasteiger partial charge in [-0.2, -0.15) is 0 Å². The Balaban J connectivity index is 1.99. The summed E-state index contributed by atoms with van der Waals surface area (Å²) >= 11 is 0. The van der Waals surface area contributed by atoms with Gasteiger partial charge in [-0.15, -0.1) is 0 Å². The van der Waals surface area contributed by atoms with Gasteiger partial charge in [-0.3, -0.25) is 0 Å². The SMILES string of the molecule is COC(=O)c1ccc(C2(O)CN(C(=O)OC(C)(C)C)C2)o1. The summed E-state index contributed by atoms with van der Waals surface area (Å²) in [4.78, 5) is 24.5. The molecule has 116 valence electrons. The van der Waals surface area contributed by atoms with Crippen molar-refractivity contribution in [3.63, 3.8) is 0 Å². The second-order valence-corrected chi connectivity index (χ2v) is 6.02. The van der Waals surface area contributed by atoms with Crippen LogP contribution in [0.4, 0.5) is 4.79 Å². The quantitative estimate of drug-likeness (QED) is 0.832. The summed E-state index contributed by atoms with van der Waals surface area (Å²) in [5.74, 6) is -0.382. The maximum Gasteiger partial charge on any atom is 0.410 e. The smallest absolute Gasteiger partial charge is 0.410 e. The van der Waals surface area contributed by atoms with E-state index in [0.717, 1.165) is 0 Å². The topological polar surface area (TPSA) is 89.2 Å². The minimum Gasteiger partial charge on any atom is -0.463 e. The first-order valence-corrected chi connectivity index (χ1v) is 6.53. The Morgan fingerprint density at radius 1 is 1.33 bits per heavy atom. The van der Waals surface area contributed by atoms with Gasteiger partial charge in [-0.1, -0.05) is 0 Å². The van der Waals surface area contributed by atoms with Crippen LogP contribution >= 0.6 is 0 Å². The summed E-state index contributed by atoms with van der Waals surface area (Å²) in [5.41, 5.74) is -1.89. The van der Waals surface area contributed by atoms with Gasteiger partial charge >= 0.3 is 12.1 Å². The van der Waals surface area contributed by atoms with Crippen molar-refractivity contribution in [2.75, 3.05) is 20.2 Å². The minimum absolute atomic E-state index is 0.0108. The highest BCUT2D eigenvalue weighted by Crippen LogP contribution is 2.34. The average molecular weight is 297 g/mol. The highest BCUT2D eigenvalue weighted by molar-refractivity contribution is 5.86. The number of furan rings is 1. The van der Waals surface area contributed by atoms with Gasteiger partial charge in [0.05, 0.1) is 20.2 Å². The van der Waals surface area contributed by atoms with Crippen LogP contribution < -0.4 is 0 Å². The fourth-order valence-electron chi connectivity index (χ4n) is 1.99. The summed E-state index contributed by atoms with van der Waals surface area (Å²) in [5, 5.41) is 10.4. The molecule has 21 heavy (non-hydrogen) atoms. The van der Waals surface area contributed by atoms with Gasteiger partial charge in [-0.05, 0) is 32.9 Å². The molecule has 0 unspecified atom stereocenters. The maximum absolute atomic E-state index is 11.8. The lowest BCUT2D eigenvalue weighted by Gasteiger charge is -2.44. The number of nitrogens with zero attached hydrogens (tertiary/aromatic N) is 1. The van der Waals surface area contributed by atoms with E-state index in [2.05, 4.69) is 4.74 Å². The Bertz CT molecular complexity index is 550. The molecule has 1 amide bonds. The molecule has 0 aromatic carbocycles. The van der Waals surface area contributed by atoms with E-state index in [1.807, 2.05) is 0 Å². The zero-order chi connectivity index (χ0) is 15.8. The monoisotopic (exact) mass is 297 g/mol. The number of hydrogen-bond acceptors (Lipinski definition) is 6. The second-order valence-electron chi connectivity index (χ2n) is 6.02. The normalized spacial score (nSPS) is 17.1. The van der Waals surface area contributed by atoms with Crippen LogP contribution in [0.3, 0.4) is 0 Å². The van der Waals surface area contributed by atoms with Crippen LogP contribution in [0.25, 0.3) is 0 Å². The van der Waals surface area contributed by atoms with Crippen LogP contribution in [-0.4, -0.2) is 47.9 Å². The maximum atomic E-state index is 11.8. The van der Waals surface area contributed by atoms with Crippen molar-refractivity contribution in [1.82, 2.24) is 4.90 Å². The van der Waals surface area contributed by atoms with Gasteiger partial charge in [0.2, 0.25) is 5.76 Å². The molecule has 0 atom stereocenters. The molecule has 0 radical (unpaired) electrons. The lowest BCUT2D eigenvalue weighted by molar-refractivity contribution is -0.114. The van der Waals surface area contributed by atoms with Crippen molar-refractivity contribution >= 4 is 12.1 Å². The molecule has 0 saturated carbocycles. The van der Waals surface area contributed by atoms with Gasteiger partial charge in [0.15, 0.2) is 5.60 Å². The Morgan fingerprint density at radius 3 is 2.48 bits per heavy atom. The average Bonchev–Trinajstić information content (AvgIpc) is 2.81. The first-order valence-electron chi connectivity index (χ1n) is 6.53. The summed E-state index contributed by atoms with van der Waals surface area (Å²) in [6.07, 6.45) is -0.494. The Hall–Kier alpha value is -2.02. The molecule has 2 rings (SSSR count). The third kappa shape index (κ3) is 3.18. The van der Waals surface area contributed by atoms with Crippen LogP contribution in [0.2, 0.25) is 0 Å². The predicted molar refractivity (Wildman–Crippen MR) is 71.8 cm³/mol. The number of carbonyl (C=O) groups is 2. The van der Waals surface area contributed by atoms with E-state index in [1.165, 1.54) is 24.1 Å². The summed E-state index contributed by atoms with van der Waals surface area (Å²) in [6.45, 7) is 5.41. The minimum atomic E-state index is -1.30.